The molecule has 10 rings (SSSR count). The summed E-state index contributed by atoms with van der Waals surface area (Å²) in [7, 11) is 0. The summed E-state index contributed by atoms with van der Waals surface area (Å²) in [6.45, 7) is 9.45. The van der Waals surface area contributed by atoms with Gasteiger partial charge in [0.05, 0.1) is 44.7 Å². The third-order valence-corrected chi connectivity index (χ3v) is 19.8. The van der Waals surface area contributed by atoms with Gasteiger partial charge in [-0.25, -0.2) is 0 Å². The summed E-state index contributed by atoms with van der Waals surface area (Å²) in [6, 6.07) is 0. The first-order valence-corrected chi connectivity index (χ1v) is 26.9. The Hall–Kier alpha value is -1.14. The Morgan fingerprint density at radius 3 is 1.71 bits per heavy atom. The van der Waals surface area contributed by atoms with E-state index >= 15 is 0 Å². The van der Waals surface area contributed by atoms with E-state index in [2.05, 4.69) is 33.8 Å². The number of rotatable bonds is 11. The highest BCUT2D eigenvalue weighted by molar-refractivity contribution is 5.26. The van der Waals surface area contributed by atoms with Crippen LogP contribution >= 0.6 is 0 Å². The lowest BCUT2D eigenvalue weighted by atomic mass is 9.47. The molecule has 6 saturated heterocycles. The third kappa shape index (κ3) is 9.42. The van der Waals surface area contributed by atoms with Gasteiger partial charge in [-0.05, 0) is 98.7 Å². The Morgan fingerprint density at radius 2 is 1.12 bits per heavy atom. The van der Waals surface area contributed by atoms with Crippen LogP contribution in [0.5, 0.6) is 0 Å². The fraction of sp³-hybridized carbons (Fsp3) is 0.961. The van der Waals surface area contributed by atoms with Gasteiger partial charge in [-0.3, -0.25) is 0 Å². The van der Waals surface area contributed by atoms with E-state index in [1.165, 1.54) is 12.5 Å². The monoisotopic (exact) mass is 1050 g/mol. The van der Waals surface area contributed by atoms with Crippen molar-refractivity contribution in [2.45, 2.75) is 233 Å². The van der Waals surface area contributed by atoms with Crippen LogP contribution < -0.4 is 0 Å². The highest BCUT2D eigenvalue weighted by Crippen LogP contribution is 2.71. The Balaban J connectivity index is 0.733. The Labute approximate surface area is 425 Å². The summed E-state index contributed by atoms with van der Waals surface area (Å²) in [5.74, 6) is 2.59. The topological polar surface area (TPSA) is 335 Å². The number of ether oxygens (including phenoxy) is 10. The van der Waals surface area contributed by atoms with Crippen molar-refractivity contribution >= 4 is 0 Å². The van der Waals surface area contributed by atoms with E-state index in [0.29, 0.717) is 48.3 Å². The number of hydrogen-bond acceptors (Lipinski definition) is 22. The molecule has 0 amide bonds. The molecule has 4 aliphatic carbocycles. The molecule has 12 N–H and O–H groups in total. The largest absolute Gasteiger partial charge is 0.394 e. The minimum atomic E-state index is -1.95. The normalized spacial score (nSPS) is 57.1. The van der Waals surface area contributed by atoms with Gasteiger partial charge in [0.25, 0.3) is 0 Å². The minimum absolute atomic E-state index is 0.0147. The van der Waals surface area contributed by atoms with Crippen LogP contribution in [0.2, 0.25) is 0 Å². The van der Waals surface area contributed by atoms with Gasteiger partial charge in [-0.2, -0.15) is 0 Å². The number of hydrogen-bond donors (Lipinski definition) is 12. The molecule has 31 atom stereocenters. The summed E-state index contributed by atoms with van der Waals surface area (Å²) in [4.78, 5) is 0. The first-order valence-electron chi connectivity index (χ1n) is 26.9. The van der Waals surface area contributed by atoms with Crippen LogP contribution in [0.25, 0.3) is 0 Å². The maximum absolute atomic E-state index is 11.5. The first-order chi connectivity index (χ1) is 34.7. The molecule has 22 heteroatoms. The standard InChI is InChI=1S/C51H82O22/c1-20-8-13-51(64-19-20)21(2)32-28(73-51)15-27-25-7-6-23-14-24(9-11-49(23,4)26(25)10-12-50(27,32)5)66-46-40(62)36(58)44(30(17-53)68-46)72-48-41(63)37(59)43(31(18-54)69-48)71-45-39(61)35(57)42(22(3)65-45)70-47-38(60)34(56)33(55)29(16-52)67-47/h6,20-22,24-48,52-63H,7-19H2,1-5H3. The highest BCUT2D eigenvalue weighted by Gasteiger charge is 2.69. The van der Waals surface area contributed by atoms with Crippen molar-refractivity contribution in [3.63, 3.8) is 0 Å². The maximum Gasteiger partial charge on any atom is 0.187 e. The smallest absolute Gasteiger partial charge is 0.187 e. The molecule has 31 unspecified atom stereocenters. The molecular weight excluding hydrogens is 965 g/mol. The van der Waals surface area contributed by atoms with Crippen molar-refractivity contribution in [1.29, 1.82) is 0 Å². The lowest BCUT2D eigenvalue weighted by Gasteiger charge is -2.58. The lowest BCUT2D eigenvalue weighted by molar-refractivity contribution is -0.387. The van der Waals surface area contributed by atoms with Gasteiger partial charge in [0, 0.05) is 12.3 Å². The molecule has 73 heavy (non-hydrogen) atoms. The van der Waals surface area contributed by atoms with Crippen LogP contribution in [0.15, 0.2) is 11.6 Å². The average molecular weight is 1050 g/mol. The van der Waals surface area contributed by atoms with Gasteiger partial charge in [0.15, 0.2) is 30.9 Å². The van der Waals surface area contributed by atoms with Crippen molar-refractivity contribution in [2.24, 2.45) is 46.3 Å². The Bertz CT molecular complexity index is 1920. The van der Waals surface area contributed by atoms with Gasteiger partial charge in [-0.1, -0.05) is 39.3 Å². The zero-order valence-electron chi connectivity index (χ0n) is 42.4. The van der Waals surface area contributed by atoms with Crippen LogP contribution in [0, 0.1) is 46.3 Å². The molecule has 0 aromatic rings. The second-order valence-electron chi connectivity index (χ2n) is 23.9. The number of allylic oxidation sites excluding steroid dienone is 1. The third-order valence-electron chi connectivity index (χ3n) is 19.8. The Morgan fingerprint density at radius 1 is 0.575 bits per heavy atom. The van der Waals surface area contributed by atoms with Gasteiger partial charge < -0.3 is 109 Å². The molecule has 0 bridgehead atoms. The zero-order chi connectivity index (χ0) is 52.2. The molecule has 0 aromatic carbocycles. The van der Waals surface area contributed by atoms with E-state index in [9.17, 15) is 61.3 Å². The van der Waals surface area contributed by atoms with Crippen molar-refractivity contribution in [1.82, 2.24) is 0 Å². The van der Waals surface area contributed by atoms with Crippen LogP contribution in [-0.4, -0.2) is 229 Å². The number of aliphatic hydroxyl groups excluding tert-OH is 12. The molecule has 1 spiro atoms. The summed E-state index contributed by atoms with van der Waals surface area (Å²) in [5, 5.41) is 129. The van der Waals surface area contributed by atoms with E-state index < -0.39 is 148 Å². The molecule has 6 aliphatic heterocycles. The SMILES string of the molecule is CC1CCC2(OC1)OC1CC3C4CC=C5CC(OC6OC(CO)C(OC7OC(CO)C(OC8OC(C)C(OC9OC(CO)C(O)C(O)C9O)C(O)C8O)C(O)C7O)C(O)C6O)CCC5(C)C4CCC3(C)C1C2C. The predicted octanol–water partition coefficient (Wildman–Crippen LogP) is -1.96. The first kappa shape index (κ1) is 55.2. The predicted molar refractivity (Wildman–Crippen MR) is 247 cm³/mol. The van der Waals surface area contributed by atoms with E-state index in [0.717, 1.165) is 51.6 Å². The van der Waals surface area contributed by atoms with E-state index in [1.54, 1.807) is 0 Å². The maximum atomic E-state index is 11.5. The van der Waals surface area contributed by atoms with Crippen LogP contribution in [0.1, 0.15) is 92.4 Å². The van der Waals surface area contributed by atoms with Gasteiger partial charge >= 0.3 is 0 Å². The second-order valence-corrected chi connectivity index (χ2v) is 23.9. The Kier molecular flexibility index (Phi) is 16.0. The van der Waals surface area contributed by atoms with Gasteiger partial charge in [0.2, 0.25) is 0 Å². The fourth-order valence-corrected chi connectivity index (χ4v) is 15.6. The number of aliphatic hydroxyl groups is 12. The van der Waals surface area contributed by atoms with Gasteiger partial charge in [-0.15, -0.1) is 0 Å². The molecule has 0 radical (unpaired) electrons. The second kappa shape index (κ2) is 21.2. The van der Waals surface area contributed by atoms with Crippen molar-refractivity contribution in [3.8, 4) is 0 Å². The van der Waals surface area contributed by atoms with Crippen molar-refractivity contribution in [3.05, 3.63) is 11.6 Å². The summed E-state index contributed by atoms with van der Waals surface area (Å²) in [5.41, 5.74) is 1.52. The van der Waals surface area contributed by atoms with Crippen molar-refractivity contribution in [2.75, 3.05) is 26.4 Å². The molecule has 418 valence electrons. The summed E-state index contributed by atoms with van der Waals surface area (Å²) in [6.07, 6.45) is -21.6. The van der Waals surface area contributed by atoms with Crippen LogP contribution in [0.3, 0.4) is 0 Å². The van der Waals surface area contributed by atoms with Gasteiger partial charge in [0.1, 0.15) is 91.6 Å². The van der Waals surface area contributed by atoms with E-state index in [1.807, 2.05) is 0 Å². The fourth-order valence-electron chi connectivity index (χ4n) is 15.6. The molecular formula is C51H82O22. The zero-order valence-corrected chi connectivity index (χ0v) is 42.4. The summed E-state index contributed by atoms with van der Waals surface area (Å²) < 4.78 is 60.4. The molecule has 9 fully saturated rings. The number of fused-ring (bicyclic) bond motifs is 7. The molecule has 6 heterocycles. The molecule has 3 saturated carbocycles. The quantitative estimate of drug-likeness (QED) is 0.1000. The van der Waals surface area contributed by atoms with E-state index in [4.69, 9.17) is 47.4 Å². The van der Waals surface area contributed by atoms with E-state index in [-0.39, 0.29) is 23.0 Å². The highest BCUT2D eigenvalue weighted by atomic mass is 16.8. The lowest BCUT2D eigenvalue weighted by Crippen LogP contribution is -2.67. The summed E-state index contributed by atoms with van der Waals surface area (Å²) >= 11 is 0. The van der Waals surface area contributed by atoms with Crippen LogP contribution in [0.4, 0.5) is 0 Å². The van der Waals surface area contributed by atoms with Crippen LogP contribution in [-0.2, 0) is 47.4 Å². The molecule has 0 aromatic heterocycles. The van der Waals surface area contributed by atoms with Crippen molar-refractivity contribution < 1.29 is 109 Å². The average Bonchev–Trinajstić information content (AvgIpc) is 3.82. The minimum Gasteiger partial charge on any atom is -0.394 e. The molecule has 10 aliphatic rings. The molecule has 22 nitrogen and oxygen atoms in total.